The van der Waals surface area contributed by atoms with Crippen LogP contribution < -0.4 is 10.6 Å². The van der Waals surface area contributed by atoms with Gasteiger partial charge in [-0.15, -0.1) is 0 Å². The molecule has 0 aliphatic rings. The van der Waals surface area contributed by atoms with Crippen LogP contribution in [-0.2, 0) is 11.2 Å². The van der Waals surface area contributed by atoms with Gasteiger partial charge in [-0.3, -0.25) is 20.4 Å². The summed E-state index contributed by atoms with van der Waals surface area (Å²) in [7, 11) is 0. The van der Waals surface area contributed by atoms with Gasteiger partial charge < -0.3 is 4.98 Å². The molecule has 2 aromatic heterocycles. The van der Waals surface area contributed by atoms with Crippen molar-refractivity contribution in [2.75, 3.05) is 11.9 Å². The number of aliphatic imine (C=N–C) groups is 1. The molecule has 1 amide bonds. The van der Waals surface area contributed by atoms with Crippen molar-refractivity contribution in [3.63, 3.8) is 0 Å². The van der Waals surface area contributed by atoms with Crippen molar-refractivity contribution in [3.05, 3.63) is 53.2 Å². The highest BCUT2D eigenvalue weighted by Crippen LogP contribution is 2.20. The normalized spacial score (nSPS) is 12.7. The molecule has 33 heavy (non-hydrogen) atoms. The zero-order chi connectivity index (χ0) is 23.8. The molecule has 3 rings (SSSR count). The lowest BCUT2D eigenvalue weighted by atomic mass is 9.98. The molecule has 7 nitrogen and oxygen atoms in total. The number of nitrogens with zero attached hydrogens (tertiary/aromatic N) is 3. The van der Waals surface area contributed by atoms with Gasteiger partial charge in [0.25, 0.3) is 0 Å². The van der Waals surface area contributed by atoms with Crippen molar-refractivity contribution < 1.29 is 9.18 Å². The number of benzene rings is 1. The van der Waals surface area contributed by atoms with E-state index in [1.807, 2.05) is 33.0 Å². The van der Waals surface area contributed by atoms with Crippen LogP contribution >= 0.6 is 0 Å². The van der Waals surface area contributed by atoms with Gasteiger partial charge >= 0.3 is 0 Å². The molecule has 0 spiro atoms. The monoisotopic (exact) mass is 452 g/mol. The number of halogens is 1. The highest BCUT2D eigenvalue weighted by molar-refractivity contribution is 6.04. The molecule has 0 radical (unpaired) electrons. The number of carbonyl (C=O) groups is 1. The Balaban J connectivity index is 1.77. The Hall–Kier alpha value is -3.29. The lowest BCUT2D eigenvalue weighted by Crippen LogP contribution is -2.40. The third-order valence-electron chi connectivity index (χ3n) is 5.60. The van der Waals surface area contributed by atoms with Gasteiger partial charge in [0.1, 0.15) is 5.82 Å². The van der Waals surface area contributed by atoms with Gasteiger partial charge in [-0.1, -0.05) is 26.7 Å². The van der Waals surface area contributed by atoms with E-state index in [0.29, 0.717) is 24.9 Å². The molecule has 0 saturated carbocycles. The number of carbonyl (C=O) groups excluding carboxylic acids is 1. The standard InChI is InChI=1S/C25H33FN6O/c1-5-7-8-18(6-2)23(33)31-24(32-25-29-16(3)13-17(4)30-25)27-12-11-19-15-28-22-10-9-20(26)14-21(19)22/h9-10,13-15,18,28H,5-8,11-12H2,1-4H3,(H2,27,29,30,31,32,33)/t18-/m0/s1. The predicted octanol–water partition coefficient (Wildman–Crippen LogP) is 5.06. The van der Waals surface area contributed by atoms with E-state index in [0.717, 1.165) is 53.5 Å². The molecule has 176 valence electrons. The maximum Gasteiger partial charge on any atom is 0.229 e. The first kappa shape index (κ1) is 24.4. The number of nitrogens with one attached hydrogen (secondary N) is 3. The lowest BCUT2D eigenvalue weighted by Gasteiger charge is -2.16. The lowest BCUT2D eigenvalue weighted by molar-refractivity contribution is -0.123. The van der Waals surface area contributed by atoms with Crippen LogP contribution in [0.3, 0.4) is 0 Å². The Kier molecular flexibility index (Phi) is 8.52. The Bertz CT molecular complexity index is 1100. The summed E-state index contributed by atoms with van der Waals surface area (Å²) in [6.07, 6.45) is 6.11. The first-order chi connectivity index (χ1) is 15.9. The van der Waals surface area contributed by atoms with Crippen LogP contribution in [0.5, 0.6) is 0 Å². The largest absolute Gasteiger partial charge is 0.361 e. The molecule has 2 heterocycles. The molecular weight excluding hydrogens is 419 g/mol. The van der Waals surface area contributed by atoms with Gasteiger partial charge in [0, 0.05) is 41.0 Å². The number of guanidine groups is 1. The first-order valence-corrected chi connectivity index (χ1v) is 11.6. The Labute approximate surface area is 194 Å². The van der Waals surface area contributed by atoms with Crippen LogP contribution in [-0.4, -0.2) is 33.4 Å². The van der Waals surface area contributed by atoms with Crippen LogP contribution in [0.2, 0.25) is 0 Å². The zero-order valence-electron chi connectivity index (χ0n) is 19.8. The molecule has 0 fully saturated rings. The number of hydrogen-bond donors (Lipinski definition) is 3. The summed E-state index contributed by atoms with van der Waals surface area (Å²) in [5.74, 6) is 0.309. The smallest absolute Gasteiger partial charge is 0.229 e. The van der Waals surface area contributed by atoms with Crippen molar-refractivity contribution in [1.82, 2.24) is 20.3 Å². The number of hydrogen-bond acceptors (Lipinski definition) is 4. The number of H-pyrrole nitrogens is 1. The number of anilines is 1. The second kappa shape index (κ2) is 11.5. The number of unbranched alkanes of at least 4 members (excludes halogenated alkanes) is 1. The Morgan fingerprint density at radius 1 is 1.18 bits per heavy atom. The maximum absolute atomic E-state index is 13.7. The molecule has 0 aliphatic heterocycles. The van der Waals surface area contributed by atoms with Crippen LogP contribution in [0.25, 0.3) is 10.9 Å². The molecular formula is C25H33FN6O. The minimum atomic E-state index is -0.272. The topological polar surface area (TPSA) is 95.1 Å². The second-order valence-electron chi connectivity index (χ2n) is 8.32. The van der Waals surface area contributed by atoms with Gasteiger partial charge in [-0.2, -0.15) is 0 Å². The average Bonchev–Trinajstić information content (AvgIpc) is 3.15. The van der Waals surface area contributed by atoms with E-state index in [1.165, 1.54) is 12.1 Å². The fourth-order valence-corrected chi connectivity index (χ4v) is 3.83. The summed E-state index contributed by atoms with van der Waals surface area (Å²) in [6, 6.07) is 6.57. The van der Waals surface area contributed by atoms with Crippen molar-refractivity contribution in [2.24, 2.45) is 10.9 Å². The van der Waals surface area contributed by atoms with Gasteiger partial charge in [-0.05, 0) is 62.9 Å². The summed E-state index contributed by atoms with van der Waals surface area (Å²) in [4.78, 5) is 29.5. The number of aromatic nitrogens is 3. The second-order valence-corrected chi connectivity index (χ2v) is 8.32. The van der Waals surface area contributed by atoms with Crippen LogP contribution in [0.4, 0.5) is 10.3 Å². The van der Waals surface area contributed by atoms with Crippen LogP contribution in [0, 0.1) is 25.6 Å². The maximum atomic E-state index is 13.7. The van der Waals surface area contributed by atoms with Gasteiger partial charge in [0.2, 0.25) is 17.8 Å². The van der Waals surface area contributed by atoms with Crippen molar-refractivity contribution in [3.8, 4) is 0 Å². The predicted molar refractivity (Wildman–Crippen MR) is 131 cm³/mol. The number of rotatable bonds is 9. The molecule has 8 heteroatoms. The zero-order valence-corrected chi connectivity index (χ0v) is 19.8. The fourth-order valence-electron chi connectivity index (χ4n) is 3.83. The molecule has 3 N–H and O–H groups in total. The summed E-state index contributed by atoms with van der Waals surface area (Å²) in [6.45, 7) is 8.33. The number of aromatic amines is 1. The number of amides is 1. The van der Waals surface area contributed by atoms with E-state index in [-0.39, 0.29) is 17.6 Å². The van der Waals surface area contributed by atoms with Crippen molar-refractivity contribution >= 4 is 28.7 Å². The molecule has 0 unspecified atom stereocenters. The highest BCUT2D eigenvalue weighted by atomic mass is 19.1. The Morgan fingerprint density at radius 3 is 2.64 bits per heavy atom. The van der Waals surface area contributed by atoms with Crippen molar-refractivity contribution in [2.45, 2.75) is 59.8 Å². The van der Waals surface area contributed by atoms with E-state index in [9.17, 15) is 9.18 Å². The summed E-state index contributed by atoms with van der Waals surface area (Å²) < 4.78 is 13.7. The van der Waals surface area contributed by atoms with E-state index in [1.54, 1.807) is 6.07 Å². The summed E-state index contributed by atoms with van der Waals surface area (Å²) in [5.41, 5.74) is 3.50. The average molecular weight is 453 g/mol. The quantitative estimate of drug-likeness (QED) is 0.312. The molecule has 0 saturated heterocycles. The molecule has 1 atom stereocenters. The van der Waals surface area contributed by atoms with Gasteiger partial charge in [0.15, 0.2) is 0 Å². The van der Waals surface area contributed by atoms with Crippen molar-refractivity contribution in [1.29, 1.82) is 0 Å². The van der Waals surface area contributed by atoms with Crippen LogP contribution in [0.15, 0.2) is 35.5 Å². The third kappa shape index (κ3) is 6.84. The van der Waals surface area contributed by atoms with E-state index in [4.69, 9.17) is 0 Å². The fraction of sp³-hybridized carbons (Fsp3) is 0.440. The molecule has 1 aromatic carbocycles. The first-order valence-electron chi connectivity index (χ1n) is 11.6. The minimum absolute atomic E-state index is 0.0595. The minimum Gasteiger partial charge on any atom is -0.361 e. The highest BCUT2D eigenvalue weighted by Gasteiger charge is 2.18. The number of fused-ring (bicyclic) bond motifs is 1. The Morgan fingerprint density at radius 2 is 1.94 bits per heavy atom. The summed E-state index contributed by atoms with van der Waals surface area (Å²) >= 11 is 0. The molecule has 0 aliphatic carbocycles. The van der Waals surface area contributed by atoms with E-state index in [2.05, 4.69) is 37.5 Å². The number of aryl methyl sites for hydroxylation is 2. The molecule has 0 bridgehead atoms. The van der Waals surface area contributed by atoms with Gasteiger partial charge in [-0.25, -0.2) is 14.4 Å². The van der Waals surface area contributed by atoms with E-state index < -0.39 is 0 Å². The van der Waals surface area contributed by atoms with Gasteiger partial charge in [0.05, 0.1) is 0 Å². The molecule has 3 aromatic rings. The third-order valence-corrected chi connectivity index (χ3v) is 5.60. The summed E-state index contributed by atoms with van der Waals surface area (Å²) in [5, 5.41) is 6.86. The SMILES string of the molecule is CCCC[C@H](CC)C(=O)NC(=NCCc1c[nH]c2ccc(F)cc12)Nc1nc(C)cc(C)n1. The van der Waals surface area contributed by atoms with E-state index >= 15 is 0 Å². The van der Waals surface area contributed by atoms with Crippen LogP contribution in [0.1, 0.15) is 56.5 Å².